The first-order valence-corrected chi connectivity index (χ1v) is 7.46. The first kappa shape index (κ1) is 15.5. The number of aromatic amines is 1. The molecule has 112 valence electrons. The van der Waals surface area contributed by atoms with E-state index in [2.05, 4.69) is 10.3 Å². The molecule has 1 aromatic heterocycles. The van der Waals surface area contributed by atoms with Crippen LogP contribution >= 0.6 is 23.6 Å². The second-order valence-electron chi connectivity index (χ2n) is 4.39. The minimum atomic E-state index is -0.112. The van der Waals surface area contributed by atoms with E-state index in [4.69, 9.17) is 21.7 Å². The number of amides is 1. The maximum absolute atomic E-state index is 12.1. The maximum atomic E-state index is 12.1. The van der Waals surface area contributed by atoms with Gasteiger partial charge >= 0.3 is 0 Å². The number of hydrogen-bond acceptors (Lipinski definition) is 5. The van der Waals surface area contributed by atoms with Crippen LogP contribution in [0.25, 0.3) is 0 Å². The number of H-pyrrole nitrogens is 1. The number of carbonyl (C=O) groups excluding carboxylic acids is 1. The molecule has 0 saturated carbocycles. The lowest BCUT2D eigenvalue weighted by molar-refractivity contribution is -0.115. The van der Waals surface area contributed by atoms with E-state index in [0.29, 0.717) is 21.1 Å². The fraction of sp³-hybridized carbons (Fsp3) is 0.286. The fourth-order valence-corrected chi connectivity index (χ4v) is 3.13. The highest BCUT2D eigenvalue weighted by Crippen LogP contribution is 2.26. The van der Waals surface area contributed by atoms with Gasteiger partial charge in [-0.25, -0.2) is 0 Å². The lowest BCUT2D eigenvalue weighted by Crippen LogP contribution is -2.14. The van der Waals surface area contributed by atoms with Crippen LogP contribution in [0.5, 0.6) is 11.5 Å². The van der Waals surface area contributed by atoms with Gasteiger partial charge in [-0.1, -0.05) is 0 Å². The summed E-state index contributed by atoms with van der Waals surface area (Å²) in [4.78, 5) is 16.1. The molecule has 0 aliphatic rings. The number of anilines is 1. The van der Waals surface area contributed by atoms with Gasteiger partial charge in [-0.2, -0.15) is 0 Å². The van der Waals surface area contributed by atoms with E-state index in [1.807, 2.05) is 6.92 Å². The molecular formula is C14H16N2O3S2. The van der Waals surface area contributed by atoms with Gasteiger partial charge in [0.05, 0.1) is 20.6 Å². The number of thiazole rings is 1. The Morgan fingerprint density at radius 3 is 2.38 bits per heavy atom. The number of benzene rings is 1. The average molecular weight is 324 g/mol. The van der Waals surface area contributed by atoms with Crippen LogP contribution in [0.3, 0.4) is 0 Å². The molecule has 21 heavy (non-hydrogen) atoms. The number of hydrogen-bond donors (Lipinski definition) is 2. The van der Waals surface area contributed by atoms with Gasteiger partial charge in [0.25, 0.3) is 0 Å². The Balaban J connectivity index is 2.12. The molecule has 5 nitrogen and oxygen atoms in total. The molecule has 0 atom stereocenters. The predicted octanol–water partition coefficient (Wildman–Crippen LogP) is 3.31. The van der Waals surface area contributed by atoms with Gasteiger partial charge < -0.3 is 19.8 Å². The van der Waals surface area contributed by atoms with E-state index >= 15 is 0 Å². The molecule has 1 heterocycles. The molecule has 0 bridgehead atoms. The van der Waals surface area contributed by atoms with E-state index < -0.39 is 0 Å². The van der Waals surface area contributed by atoms with Crippen molar-refractivity contribution in [1.29, 1.82) is 0 Å². The summed E-state index contributed by atoms with van der Waals surface area (Å²) in [5.74, 6) is 1.13. The van der Waals surface area contributed by atoms with E-state index in [9.17, 15) is 4.79 Å². The summed E-state index contributed by atoms with van der Waals surface area (Å²) in [6, 6.07) is 5.23. The molecular weight excluding hydrogens is 308 g/mol. The summed E-state index contributed by atoms with van der Waals surface area (Å²) in [7, 11) is 3.13. The summed E-state index contributed by atoms with van der Waals surface area (Å²) in [5.41, 5.74) is 1.57. The Morgan fingerprint density at radius 2 is 1.90 bits per heavy atom. The van der Waals surface area contributed by atoms with Gasteiger partial charge in [-0.15, -0.1) is 11.3 Å². The third kappa shape index (κ3) is 4.05. The molecule has 0 radical (unpaired) electrons. The van der Waals surface area contributed by atoms with Crippen LogP contribution in [0, 0.1) is 10.9 Å². The van der Waals surface area contributed by atoms with Gasteiger partial charge in [-0.3, -0.25) is 4.79 Å². The predicted molar refractivity (Wildman–Crippen MR) is 86.1 cm³/mol. The van der Waals surface area contributed by atoms with Crippen molar-refractivity contribution in [1.82, 2.24) is 4.98 Å². The summed E-state index contributed by atoms with van der Waals surface area (Å²) in [6.07, 6.45) is 0.281. The molecule has 2 N–H and O–H groups in total. The third-order valence-electron chi connectivity index (χ3n) is 2.88. The van der Waals surface area contributed by atoms with Crippen LogP contribution in [0.1, 0.15) is 10.6 Å². The second kappa shape index (κ2) is 6.73. The average Bonchev–Trinajstić information content (AvgIpc) is 2.76. The summed E-state index contributed by atoms with van der Waals surface area (Å²) < 4.78 is 11.0. The lowest BCUT2D eigenvalue weighted by atomic mass is 10.2. The van der Waals surface area contributed by atoms with Gasteiger partial charge in [0.1, 0.15) is 11.5 Å². The molecule has 2 rings (SSSR count). The number of nitrogens with one attached hydrogen (secondary N) is 2. The number of methoxy groups -OCH3 is 2. The SMILES string of the molecule is COc1cc(NC(=O)Cc2sc(=S)[nH]c2C)cc(OC)c1. The van der Waals surface area contributed by atoms with Crippen LogP contribution in [-0.2, 0) is 11.2 Å². The van der Waals surface area contributed by atoms with Crippen LogP contribution in [0.4, 0.5) is 5.69 Å². The zero-order valence-electron chi connectivity index (χ0n) is 12.0. The summed E-state index contributed by atoms with van der Waals surface area (Å²) in [5, 5.41) is 2.84. The second-order valence-corrected chi connectivity index (χ2v) is 6.16. The van der Waals surface area contributed by atoms with Crippen molar-refractivity contribution < 1.29 is 14.3 Å². The Morgan fingerprint density at radius 1 is 1.29 bits per heavy atom. The molecule has 0 unspecified atom stereocenters. The number of aryl methyl sites for hydroxylation is 1. The van der Waals surface area contributed by atoms with Crippen molar-refractivity contribution in [3.05, 3.63) is 32.7 Å². The number of ether oxygens (including phenoxy) is 2. The maximum Gasteiger partial charge on any atom is 0.229 e. The number of carbonyl (C=O) groups is 1. The number of rotatable bonds is 5. The summed E-state index contributed by atoms with van der Waals surface area (Å²) in [6.45, 7) is 1.91. The third-order valence-corrected chi connectivity index (χ3v) is 4.22. The first-order chi connectivity index (χ1) is 10.0. The Hall–Kier alpha value is -1.86. The fourth-order valence-electron chi connectivity index (χ4n) is 1.84. The summed E-state index contributed by atoms with van der Waals surface area (Å²) >= 11 is 6.48. The first-order valence-electron chi connectivity index (χ1n) is 6.23. The van der Waals surface area contributed by atoms with Gasteiger partial charge in [0, 0.05) is 34.5 Å². The zero-order valence-corrected chi connectivity index (χ0v) is 13.6. The molecule has 1 amide bonds. The molecule has 0 saturated heterocycles. The largest absolute Gasteiger partial charge is 0.497 e. The molecule has 0 fully saturated rings. The van der Waals surface area contributed by atoms with E-state index in [0.717, 1.165) is 10.6 Å². The molecule has 1 aromatic carbocycles. The number of aromatic nitrogens is 1. The molecule has 0 spiro atoms. The van der Waals surface area contributed by atoms with Crippen molar-refractivity contribution in [2.24, 2.45) is 0 Å². The monoisotopic (exact) mass is 324 g/mol. The minimum Gasteiger partial charge on any atom is -0.497 e. The van der Waals surface area contributed by atoms with Crippen molar-refractivity contribution >= 4 is 35.1 Å². The normalized spacial score (nSPS) is 10.2. The Kier molecular flexibility index (Phi) is 4.98. The molecule has 0 aliphatic heterocycles. The van der Waals surface area contributed by atoms with Crippen LogP contribution in [0.2, 0.25) is 0 Å². The Labute approximate surface area is 131 Å². The molecule has 7 heteroatoms. The van der Waals surface area contributed by atoms with E-state index in [1.54, 1.807) is 32.4 Å². The van der Waals surface area contributed by atoms with Gasteiger partial charge in [0.15, 0.2) is 3.95 Å². The van der Waals surface area contributed by atoms with Crippen molar-refractivity contribution in [2.75, 3.05) is 19.5 Å². The van der Waals surface area contributed by atoms with E-state index in [-0.39, 0.29) is 12.3 Å². The highest BCUT2D eigenvalue weighted by atomic mass is 32.1. The minimum absolute atomic E-state index is 0.112. The van der Waals surface area contributed by atoms with Crippen molar-refractivity contribution in [2.45, 2.75) is 13.3 Å². The van der Waals surface area contributed by atoms with Gasteiger partial charge in [-0.05, 0) is 19.1 Å². The quantitative estimate of drug-likeness (QED) is 0.828. The lowest BCUT2D eigenvalue weighted by Gasteiger charge is -2.09. The van der Waals surface area contributed by atoms with Crippen LogP contribution in [-0.4, -0.2) is 25.1 Å². The van der Waals surface area contributed by atoms with Gasteiger partial charge in [0.2, 0.25) is 5.91 Å². The highest BCUT2D eigenvalue weighted by Gasteiger charge is 2.10. The highest BCUT2D eigenvalue weighted by molar-refractivity contribution is 7.73. The topological polar surface area (TPSA) is 63.3 Å². The Bertz CT molecular complexity index is 684. The molecule has 2 aromatic rings. The van der Waals surface area contributed by atoms with Crippen molar-refractivity contribution in [3.8, 4) is 11.5 Å². The van der Waals surface area contributed by atoms with E-state index in [1.165, 1.54) is 11.3 Å². The van der Waals surface area contributed by atoms with Crippen molar-refractivity contribution in [3.63, 3.8) is 0 Å². The molecule has 0 aliphatic carbocycles. The van der Waals surface area contributed by atoms with Crippen LogP contribution < -0.4 is 14.8 Å². The zero-order chi connectivity index (χ0) is 15.4. The van der Waals surface area contributed by atoms with Crippen LogP contribution in [0.15, 0.2) is 18.2 Å². The smallest absolute Gasteiger partial charge is 0.229 e. The standard InChI is InChI=1S/C14H16N2O3S2/c1-8-12(21-14(20)15-8)7-13(17)16-9-4-10(18-2)6-11(5-9)19-3/h4-6H,7H2,1-3H3,(H,15,20)(H,16,17).